The Kier molecular flexibility index (Phi) is 7.87. The van der Waals surface area contributed by atoms with Gasteiger partial charge >= 0.3 is 10.8 Å². The molecule has 8 nitrogen and oxygen atoms in total. The highest BCUT2D eigenvalue weighted by atomic mass is 32.1. The van der Waals surface area contributed by atoms with Crippen LogP contribution in [0, 0.1) is 0 Å². The Bertz CT molecular complexity index is 812. The molecule has 0 saturated carbocycles. The maximum Gasteiger partial charge on any atom is 0.355 e. The first kappa shape index (κ1) is 20.5. The lowest BCUT2D eigenvalue weighted by atomic mass is 10.3. The Balaban J connectivity index is 1.79. The van der Waals surface area contributed by atoms with Crippen LogP contribution >= 0.6 is 11.3 Å². The molecule has 9 heteroatoms. The minimum atomic E-state index is -0.623. The molecule has 1 aromatic carbocycles. The van der Waals surface area contributed by atoms with E-state index >= 15 is 0 Å². The molecule has 2 rings (SSSR count). The smallest absolute Gasteiger partial charge is 0.355 e. The summed E-state index contributed by atoms with van der Waals surface area (Å²) < 4.78 is 16.9. The average molecular weight is 394 g/mol. The third-order valence-electron chi connectivity index (χ3n) is 3.40. The van der Waals surface area contributed by atoms with Crippen LogP contribution in [0.2, 0.25) is 0 Å². The average Bonchev–Trinajstić information content (AvgIpc) is 3.01. The Labute approximate surface area is 160 Å². The molecule has 0 radical (unpaired) electrons. The molecule has 0 unspecified atom stereocenters. The minimum Gasteiger partial charge on any atom is -0.494 e. The van der Waals surface area contributed by atoms with Gasteiger partial charge in [0.1, 0.15) is 30.3 Å². The van der Waals surface area contributed by atoms with E-state index in [1.807, 2.05) is 6.92 Å². The van der Waals surface area contributed by atoms with Crippen molar-refractivity contribution < 1.29 is 23.8 Å². The van der Waals surface area contributed by atoms with Crippen LogP contribution in [0.3, 0.4) is 0 Å². The van der Waals surface area contributed by atoms with Gasteiger partial charge in [0.2, 0.25) is 5.91 Å². The second kappa shape index (κ2) is 10.4. The molecule has 0 atom stereocenters. The molecular weight excluding hydrogens is 372 g/mol. The number of benzene rings is 1. The standard InChI is InChI=1S/C18H22N2O6S/c1-3-24-13-5-7-14(8-6-13)26-10-9-19-16(21)11-20-15(12-27-18(20)23)17(22)25-4-2/h5-8,12H,3-4,9-11H2,1-2H3,(H,19,21). The van der Waals surface area contributed by atoms with Crippen LogP contribution in [-0.4, -0.2) is 42.8 Å². The van der Waals surface area contributed by atoms with Crippen molar-refractivity contribution in [2.45, 2.75) is 20.4 Å². The van der Waals surface area contributed by atoms with E-state index < -0.39 is 11.9 Å². The number of hydrogen-bond donors (Lipinski definition) is 1. The van der Waals surface area contributed by atoms with Gasteiger partial charge in [-0.25, -0.2) is 4.79 Å². The molecule has 0 saturated heterocycles. The largest absolute Gasteiger partial charge is 0.494 e. The third-order valence-corrected chi connectivity index (χ3v) is 4.16. The summed E-state index contributed by atoms with van der Waals surface area (Å²) in [6, 6.07) is 7.17. The van der Waals surface area contributed by atoms with Crippen molar-refractivity contribution in [2.24, 2.45) is 0 Å². The maximum absolute atomic E-state index is 12.0. The molecule has 2 aromatic rings. The summed E-state index contributed by atoms with van der Waals surface area (Å²) in [5.41, 5.74) is 0.0765. The quantitative estimate of drug-likeness (QED) is 0.487. The summed E-state index contributed by atoms with van der Waals surface area (Å²) in [5.74, 6) is 0.405. The van der Waals surface area contributed by atoms with Crippen LogP contribution in [0.15, 0.2) is 34.4 Å². The van der Waals surface area contributed by atoms with Gasteiger partial charge in [-0.2, -0.15) is 0 Å². The predicted octanol–water partition coefficient (Wildman–Crippen LogP) is 1.68. The van der Waals surface area contributed by atoms with Gasteiger partial charge in [-0.15, -0.1) is 0 Å². The number of nitrogens with one attached hydrogen (secondary N) is 1. The van der Waals surface area contributed by atoms with E-state index in [0.717, 1.165) is 21.7 Å². The van der Waals surface area contributed by atoms with Crippen molar-refractivity contribution in [3.8, 4) is 11.5 Å². The number of carbonyl (C=O) groups is 2. The molecular formula is C18H22N2O6S. The van der Waals surface area contributed by atoms with Crippen LogP contribution in [-0.2, 0) is 16.1 Å². The SMILES string of the molecule is CCOC(=O)c1csc(=O)n1CC(=O)NCCOc1ccc(OCC)cc1. The number of rotatable bonds is 10. The van der Waals surface area contributed by atoms with Crippen LogP contribution in [0.4, 0.5) is 0 Å². The lowest BCUT2D eigenvalue weighted by molar-refractivity contribution is -0.121. The highest BCUT2D eigenvalue weighted by Gasteiger charge is 2.17. The van der Waals surface area contributed by atoms with Gasteiger partial charge in [0.15, 0.2) is 0 Å². The van der Waals surface area contributed by atoms with Gasteiger partial charge in [0, 0.05) is 5.38 Å². The van der Waals surface area contributed by atoms with Gasteiger partial charge in [0.25, 0.3) is 0 Å². The van der Waals surface area contributed by atoms with Gasteiger partial charge in [0.05, 0.1) is 19.8 Å². The maximum atomic E-state index is 12.0. The number of aromatic nitrogens is 1. The summed E-state index contributed by atoms with van der Waals surface area (Å²) in [5, 5.41) is 4.04. The normalized spacial score (nSPS) is 10.3. The summed E-state index contributed by atoms with van der Waals surface area (Å²) >= 11 is 0.849. The molecule has 1 aromatic heterocycles. The number of esters is 1. The number of carbonyl (C=O) groups excluding carboxylic acids is 2. The Hall–Kier alpha value is -2.81. The second-order valence-corrected chi connectivity index (χ2v) is 6.12. The zero-order chi connectivity index (χ0) is 19.6. The Morgan fingerprint density at radius 2 is 1.74 bits per heavy atom. The van der Waals surface area contributed by atoms with Crippen LogP contribution < -0.4 is 19.7 Å². The van der Waals surface area contributed by atoms with E-state index in [1.165, 1.54) is 5.38 Å². The van der Waals surface area contributed by atoms with Crippen LogP contribution in [0.5, 0.6) is 11.5 Å². The fourth-order valence-corrected chi connectivity index (χ4v) is 2.93. The van der Waals surface area contributed by atoms with Crippen molar-refractivity contribution in [3.05, 3.63) is 45.0 Å². The van der Waals surface area contributed by atoms with Crippen LogP contribution in [0.25, 0.3) is 0 Å². The summed E-state index contributed by atoms with van der Waals surface area (Å²) in [7, 11) is 0. The first-order valence-electron chi connectivity index (χ1n) is 8.53. The molecule has 146 valence electrons. The van der Waals surface area contributed by atoms with Gasteiger partial charge in [-0.1, -0.05) is 11.3 Å². The first-order valence-corrected chi connectivity index (χ1v) is 9.41. The molecule has 0 spiro atoms. The molecule has 0 bridgehead atoms. The van der Waals surface area contributed by atoms with Crippen LogP contribution in [0.1, 0.15) is 24.3 Å². The summed E-state index contributed by atoms with van der Waals surface area (Å²) in [6.45, 7) is 4.65. The van der Waals surface area contributed by atoms with E-state index in [-0.39, 0.29) is 36.9 Å². The van der Waals surface area contributed by atoms with Crippen molar-refractivity contribution in [1.29, 1.82) is 0 Å². The monoisotopic (exact) mass is 394 g/mol. The molecule has 0 aliphatic rings. The van der Waals surface area contributed by atoms with Gasteiger partial charge in [-0.3, -0.25) is 14.2 Å². The topological polar surface area (TPSA) is 95.9 Å². The lowest BCUT2D eigenvalue weighted by Crippen LogP contribution is -2.34. The first-order chi connectivity index (χ1) is 13.0. The van der Waals surface area contributed by atoms with Crippen molar-refractivity contribution in [3.63, 3.8) is 0 Å². The van der Waals surface area contributed by atoms with Crippen molar-refractivity contribution in [2.75, 3.05) is 26.4 Å². The summed E-state index contributed by atoms with van der Waals surface area (Å²) in [6.07, 6.45) is 0. The Morgan fingerprint density at radius 3 is 2.37 bits per heavy atom. The zero-order valence-electron chi connectivity index (χ0n) is 15.2. The fourth-order valence-electron chi connectivity index (χ4n) is 2.20. The fraction of sp³-hybridized carbons (Fsp3) is 0.389. The van der Waals surface area contributed by atoms with Gasteiger partial charge < -0.3 is 19.5 Å². The van der Waals surface area contributed by atoms with E-state index in [4.69, 9.17) is 14.2 Å². The molecule has 1 N–H and O–H groups in total. The molecule has 1 heterocycles. The highest BCUT2D eigenvalue weighted by molar-refractivity contribution is 7.07. The molecule has 27 heavy (non-hydrogen) atoms. The zero-order valence-corrected chi connectivity index (χ0v) is 16.0. The molecule has 1 amide bonds. The Morgan fingerprint density at radius 1 is 1.07 bits per heavy atom. The number of amides is 1. The second-order valence-electron chi connectivity index (χ2n) is 5.30. The molecule has 0 fully saturated rings. The number of hydrogen-bond acceptors (Lipinski definition) is 7. The summed E-state index contributed by atoms with van der Waals surface area (Å²) in [4.78, 5) is 35.3. The van der Waals surface area contributed by atoms with E-state index in [0.29, 0.717) is 12.4 Å². The lowest BCUT2D eigenvalue weighted by Gasteiger charge is -2.10. The van der Waals surface area contributed by atoms with Crippen molar-refractivity contribution in [1.82, 2.24) is 9.88 Å². The van der Waals surface area contributed by atoms with E-state index in [2.05, 4.69) is 5.32 Å². The van der Waals surface area contributed by atoms with E-state index in [1.54, 1.807) is 31.2 Å². The molecule has 0 aliphatic carbocycles. The predicted molar refractivity (Wildman–Crippen MR) is 101 cm³/mol. The highest BCUT2D eigenvalue weighted by Crippen LogP contribution is 2.17. The third kappa shape index (κ3) is 6.14. The van der Waals surface area contributed by atoms with Gasteiger partial charge in [-0.05, 0) is 38.1 Å². The number of nitrogens with zero attached hydrogens (tertiary/aromatic N) is 1. The number of ether oxygens (including phenoxy) is 3. The van der Waals surface area contributed by atoms with E-state index in [9.17, 15) is 14.4 Å². The number of thiazole rings is 1. The minimum absolute atomic E-state index is 0.0765. The van der Waals surface area contributed by atoms with Crippen molar-refractivity contribution >= 4 is 23.2 Å². The molecule has 0 aliphatic heterocycles.